The summed E-state index contributed by atoms with van der Waals surface area (Å²) in [5.41, 5.74) is 0.518. The lowest BCUT2D eigenvalue weighted by atomic mass is 9.87. The molecular weight excluding hydrogens is 154 g/mol. The summed E-state index contributed by atoms with van der Waals surface area (Å²) >= 11 is 0. The number of aliphatic hydroxyl groups is 1. The smallest absolute Gasteiger partial charge is 0.118 e. The Morgan fingerprint density at radius 1 is 1.58 bits per heavy atom. The molecule has 0 amide bonds. The maximum Gasteiger partial charge on any atom is 0.118 e. The molecule has 12 heavy (non-hydrogen) atoms. The summed E-state index contributed by atoms with van der Waals surface area (Å²) < 4.78 is 12.8. The van der Waals surface area contributed by atoms with Gasteiger partial charge in [0.15, 0.2) is 0 Å². The Labute approximate surface area is 72.6 Å². The summed E-state index contributed by atoms with van der Waals surface area (Å²) in [7, 11) is 5.42. The van der Waals surface area contributed by atoms with Crippen molar-refractivity contribution in [3.8, 4) is 0 Å². The van der Waals surface area contributed by atoms with Crippen LogP contribution >= 0.6 is 0 Å². The van der Waals surface area contributed by atoms with Crippen molar-refractivity contribution in [2.45, 2.75) is 19.4 Å². The lowest BCUT2D eigenvalue weighted by molar-refractivity contribution is 0.174. The molecule has 1 aromatic rings. The third-order valence-corrected chi connectivity index (χ3v) is 1.83. The van der Waals surface area contributed by atoms with Gasteiger partial charge in [-0.2, -0.15) is 0 Å². The molecule has 0 aliphatic rings. The van der Waals surface area contributed by atoms with E-state index in [2.05, 4.69) is 0 Å². The fourth-order valence-corrected chi connectivity index (χ4v) is 1.06. The molecule has 0 unspecified atom stereocenters. The van der Waals surface area contributed by atoms with Gasteiger partial charge in [-0.3, -0.25) is 0 Å². The van der Waals surface area contributed by atoms with Crippen molar-refractivity contribution in [1.29, 1.82) is 0 Å². The minimum atomic E-state index is -0.666. The normalized spacial score (nSPS) is 12.9. The largest absolute Gasteiger partial charge is 0.388 e. The highest BCUT2D eigenvalue weighted by Crippen LogP contribution is 2.13. The summed E-state index contributed by atoms with van der Waals surface area (Å²) in [6.07, 6.45) is -0.131. The molecule has 1 aromatic carbocycles. The van der Waals surface area contributed by atoms with Gasteiger partial charge in [-0.1, -0.05) is 24.5 Å². The molecule has 62 valence electrons. The summed E-state index contributed by atoms with van der Waals surface area (Å²) in [6.45, 7) is 1.81. The maximum atomic E-state index is 12.8. The summed E-state index contributed by atoms with van der Waals surface area (Å²) in [6, 6.07) is 4.45. The first-order chi connectivity index (χ1) is 5.66. The second-order valence-corrected chi connectivity index (χ2v) is 2.67. The van der Waals surface area contributed by atoms with E-state index in [1.807, 2.05) is 6.92 Å². The zero-order valence-corrected chi connectivity index (χ0v) is 6.92. The number of benzene rings is 1. The topological polar surface area (TPSA) is 20.2 Å². The Balaban J connectivity index is 3.07. The van der Waals surface area contributed by atoms with E-state index in [0.717, 1.165) is 0 Å². The molecule has 0 aliphatic carbocycles. The zero-order chi connectivity index (χ0) is 9.14. The van der Waals surface area contributed by atoms with Crippen LogP contribution in [0.2, 0.25) is 0 Å². The van der Waals surface area contributed by atoms with Gasteiger partial charge in [0, 0.05) is 0 Å². The van der Waals surface area contributed by atoms with Crippen molar-refractivity contribution in [3.05, 3.63) is 29.6 Å². The van der Waals surface area contributed by atoms with Gasteiger partial charge in [0.1, 0.15) is 13.7 Å². The number of hydrogen-bond donors (Lipinski definition) is 1. The second-order valence-electron chi connectivity index (χ2n) is 2.67. The van der Waals surface area contributed by atoms with Crippen LogP contribution in [0, 0.1) is 5.82 Å². The minimum Gasteiger partial charge on any atom is -0.388 e. The van der Waals surface area contributed by atoms with Gasteiger partial charge in [0.25, 0.3) is 0 Å². The molecular formula is C9H10BFO. The van der Waals surface area contributed by atoms with Crippen LogP contribution in [0.15, 0.2) is 18.2 Å². The van der Waals surface area contributed by atoms with Gasteiger partial charge in [-0.15, -0.1) is 0 Å². The highest BCUT2D eigenvalue weighted by Gasteiger charge is 2.09. The van der Waals surface area contributed by atoms with E-state index >= 15 is 0 Å². The van der Waals surface area contributed by atoms with Crippen molar-refractivity contribution in [2.24, 2.45) is 0 Å². The van der Waals surface area contributed by atoms with E-state index in [0.29, 0.717) is 12.0 Å². The van der Waals surface area contributed by atoms with Crippen LogP contribution in [-0.4, -0.2) is 13.0 Å². The van der Waals surface area contributed by atoms with E-state index in [9.17, 15) is 9.50 Å². The van der Waals surface area contributed by atoms with E-state index in [-0.39, 0.29) is 5.46 Å². The monoisotopic (exact) mass is 164 g/mol. The lowest BCUT2D eigenvalue weighted by Crippen LogP contribution is -2.17. The Morgan fingerprint density at radius 2 is 2.25 bits per heavy atom. The van der Waals surface area contributed by atoms with Crippen LogP contribution in [0.3, 0.4) is 0 Å². The van der Waals surface area contributed by atoms with Gasteiger partial charge >= 0.3 is 0 Å². The molecule has 0 aromatic heterocycles. The average molecular weight is 164 g/mol. The third-order valence-electron chi connectivity index (χ3n) is 1.83. The Hall–Kier alpha value is -0.825. The SMILES string of the molecule is [B]c1c(F)cccc1[C@H](O)CC. The number of halogens is 1. The van der Waals surface area contributed by atoms with Gasteiger partial charge < -0.3 is 5.11 Å². The molecule has 1 nitrogen and oxygen atoms in total. The van der Waals surface area contributed by atoms with Gasteiger partial charge in [-0.05, 0) is 18.1 Å². The van der Waals surface area contributed by atoms with Crippen molar-refractivity contribution < 1.29 is 9.50 Å². The first-order valence-electron chi connectivity index (χ1n) is 3.88. The summed E-state index contributed by atoms with van der Waals surface area (Å²) in [5.74, 6) is -0.472. The lowest BCUT2D eigenvalue weighted by Gasteiger charge is -2.11. The van der Waals surface area contributed by atoms with Crippen molar-refractivity contribution in [1.82, 2.24) is 0 Å². The second kappa shape index (κ2) is 3.72. The first-order valence-corrected chi connectivity index (χ1v) is 3.88. The molecule has 1 N–H and O–H groups in total. The molecule has 0 fully saturated rings. The highest BCUT2D eigenvalue weighted by atomic mass is 19.1. The molecule has 2 radical (unpaired) electrons. The van der Waals surface area contributed by atoms with E-state index < -0.39 is 11.9 Å². The highest BCUT2D eigenvalue weighted by molar-refractivity contribution is 6.33. The average Bonchev–Trinajstić information content (AvgIpc) is 2.08. The Bertz CT molecular complexity index is 275. The molecule has 0 heterocycles. The standard InChI is InChI=1S/C9H10BFO/c1-2-8(12)6-4-3-5-7(11)9(6)10/h3-5,8,12H,2H2,1H3/t8-/m1/s1. The van der Waals surface area contributed by atoms with Crippen LogP contribution in [0.25, 0.3) is 0 Å². The number of aliphatic hydroxyl groups excluding tert-OH is 1. The zero-order valence-electron chi connectivity index (χ0n) is 6.92. The van der Waals surface area contributed by atoms with Crippen LogP contribution in [0.4, 0.5) is 4.39 Å². The molecule has 0 aliphatic heterocycles. The molecule has 0 bridgehead atoms. The Kier molecular flexibility index (Phi) is 2.87. The van der Waals surface area contributed by atoms with Crippen molar-refractivity contribution in [2.75, 3.05) is 0 Å². The summed E-state index contributed by atoms with van der Waals surface area (Å²) in [5, 5.41) is 9.39. The number of hydrogen-bond acceptors (Lipinski definition) is 1. The third kappa shape index (κ3) is 1.67. The Morgan fingerprint density at radius 3 is 2.83 bits per heavy atom. The molecule has 1 rings (SSSR count). The maximum absolute atomic E-state index is 12.8. The van der Waals surface area contributed by atoms with Crippen molar-refractivity contribution in [3.63, 3.8) is 0 Å². The van der Waals surface area contributed by atoms with Crippen LogP contribution in [-0.2, 0) is 0 Å². The van der Waals surface area contributed by atoms with E-state index in [4.69, 9.17) is 7.85 Å². The molecule has 1 atom stereocenters. The van der Waals surface area contributed by atoms with E-state index in [1.165, 1.54) is 6.07 Å². The minimum absolute atomic E-state index is 0.0480. The predicted octanol–water partition coefficient (Wildman–Crippen LogP) is 1.06. The fraction of sp³-hybridized carbons (Fsp3) is 0.333. The van der Waals surface area contributed by atoms with Crippen molar-refractivity contribution >= 4 is 13.3 Å². The quantitative estimate of drug-likeness (QED) is 0.648. The molecule has 0 saturated carbocycles. The summed E-state index contributed by atoms with van der Waals surface area (Å²) in [4.78, 5) is 0. The van der Waals surface area contributed by atoms with Crippen LogP contribution in [0.1, 0.15) is 25.0 Å². The molecule has 3 heteroatoms. The molecule has 0 saturated heterocycles. The van der Waals surface area contributed by atoms with Crippen LogP contribution in [0.5, 0.6) is 0 Å². The first kappa shape index (κ1) is 9.26. The van der Waals surface area contributed by atoms with Crippen LogP contribution < -0.4 is 5.46 Å². The van der Waals surface area contributed by atoms with Gasteiger partial charge in [0.2, 0.25) is 0 Å². The molecule has 0 spiro atoms. The van der Waals surface area contributed by atoms with Gasteiger partial charge in [-0.25, -0.2) is 4.39 Å². The fourth-order valence-electron chi connectivity index (χ4n) is 1.06. The number of rotatable bonds is 2. The van der Waals surface area contributed by atoms with Gasteiger partial charge in [0.05, 0.1) is 6.10 Å². The van der Waals surface area contributed by atoms with E-state index in [1.54, 1.807) is 12.1 Å². The predicted molar refractivity (Wildman–Crippen MR) is 47.0 cm³/mol.